The molecule has 4 heteroatoms. The molecule has 1 aliphatic rings. The van der Waals surface area contributed by atoms with E-state index in [2.05, 4.69) is 0 Å². The summed E-state index contributed by atoms with van der Waals surface area (Å²) in [4.78, 5) is 0.987. The number of nitrogens with two attached hydrogens (primary N) is 2. The number of nitrogen functional groups attached to an aromatic ring is 2. The smallest absolute Gasteiger partial charge is 0.157 e. The molecule has 0 saturated heterocycles. The Bertz CT molecular complexity index is 283. The summed E-state index contributed by atoms with van der Waals surface area (Å²) in [5, 5.41) is 0. The van der Waals surface area contributed by atoms with Gasteiger partial charge < -0.3 is 16.2 Å². The Morgan fingerprint density at radius 3 is 2.75 bits per heavy atom. The van der Waals surface area contributed by atoms with Crippen molar-refractivity contribution >= 4 is 23.1 Å². The van der Waals surface area contributed by atoms with Gasteiger partial charge in [0.1, 0.15) is 0 Å². The summed E-state index contributed by atoms with van der Waals surface area (Å²) in [6.07, 6.45) is 0. The van der Waals surface area contributed by atoms with E-state index in [1.165, 1.54) is 0 Å². The minimum absolute atomic E-state index is 0.673. The second-order valence-electron chi connectivity index (χ2n) is 2.60. The molecular formula is C8H10N2OS. The van der Waals surface area contributed by atoms with Crippen LogP contribution in [0.25, 0.3) is 0 Å². The topological polar surface area (TPSA) is 61.3 Å². The van der Waals surface area contributed by atoms with Crippen LogP contribution in [0.5, 0.6) is 5.75 Å². The van der Waals surface area contributed by atoms with Gasteiger partial charge in [-0.05, 0) is 12.1 Å². The van der Waals surface area contributed by atoms with Crippen molar-refractivity contribution < 1.29 is 4.74 Å². The van der Waals surface area contributed by atoms with Crippen LogP contribution in [0, 0.1) is 0 Å². The van der Waals surface area contributed by atoms with Crippen LogP contribution in [0.2, 0.25) is 0 Å². The molecule has 0 bridgehead atoms. The van der Waals surface area contributed by atoms with Crippen LogP contribution in [-0.2, 0) is 0 Å². The number of ether oxygens (including phenoxy) is 1. The molecule has 1 aromatic rings. The normalized spacial score (nSPS) is 15.0. The van der Waals surface area contributed by atoms with Gasteiger partial charge >= 0.3 is 0 Å². The first-order chi connectivity index (χ1) is 5.79. The zero-order chi connectivity index (χ0) is 8.55. The predicted molar refractivity (Wildman–Crippen MR) is 51.5 cm³/mol. The molecule has 1 heterocycles. The van der Waals surface area contributed by atoms with Gasteiger partial charge in [0.2, 0.25) is 0 Å². The Balaban J connectivity index is 2.57. The largest absolute Gasteiger partial charge is 0.489 e. The van der Waals surface area contributed by atoms with Gasteiger partial charge in [-0.3, -0.25) is 0 Å². The average Bonchev–Trinajstić information content (AvgIpc) is 2.12. The number of benzene rings is 1. The lowest BCUT2D eigenvalue weighted by Crippen LogP contribution is -2.10. The fourth-order valence-electron chi connectivity index (χ4n) is 1.18. The first-order valence-corrected chi connectivity index (χ1v) is 4.71. The first-order valence-electron chi connectivity index (χ1n) is 3.72. The van der Waals surface area contributed by atoms with E-state index in [9.17, 15) is 0 Å². The van der Waals surface area contributed by atoms with E-state index in [0.29, 0.717) is 12.3 Å². The molecule has 0 fully saturated rings. The summed E-state index contributed by atoms with van der Waals surface area (Å²) in [7, 11) is 0. The lowest BCUT2D eigenvalue weighted by molar-refractivity contribution is 0.332. The fourth-order valence-corrected chi connectivity index (χ4v) is 2.09. The van der Waals surface area contributed by atoms with Crippen LogP contribution in [0.4, 0.5) is 11.4 Å². The zero-order valence-corrected chi connectivity index (χ0v) is 7.36. The maximum absolute atomic E-state index is 5.75. The van der Waals surface area contributed by atoms with Crippen LogP contribution in [0.3, 0.4) is 0 Å². The van der Waals surface area contributed by atoms with Gasteiger partial charge in [0.15, 0.2) is 5.75 Å². The molecule has 0 atom stereocenters. The van der Waals surface area contributed by atoms with Crippen LogP contribution in [0.1, 0.15) is 0 Å². The van der Waals surface area contributed by atoms with Gasteiger partial charge in [0.05, 0.1) is 17.2 Å². The predicted octanol–water partition coefficient (Wildman–Crippen LogP) is 1.34. The van der Waals surface area contributed by atoms with Crippen molar-refractivity contribution in [3.05, 3.63) is 12.1 Å². The van der Waals surface area contributed by atoms with Crippen LogP contribution in [-0.4, -0.2) is 12.4 Å². The van der Waals surface area contributed by atoms with E-state index >= 15 is 0 Å². The molecule has 4 N–H and O–H groups in total. The molecule has 3 nitrogen and oxygen atoms in total. The number of fused-ring (bicyclic) bond motifs is 1. The molecule has 2 rings (SSSR count). The van der Waals surface area contributed by atoms with Crippen molar-refractivity contribution in [2.24, 2.45) is 0 Å². The van der Waals surface area contributed by atoms with Crippen molar-refractivity contribution in [3.63, 3.8) is 0 Å². The lowest BCUT2D eigenvalue weighted by Gasteiger charge is -2.19. The van der Waals surface area contributed by atoms with E-state index in [1.807, 2.05) is 6.07 Å². The van der Waals surface area contributed by atoms with E-state index in [-0.39, 0.29) is 0 Å². The fraction of sp³-hybridized carbons (Fsp3) is 0.250. The highest BCUT2D eigenvalue weighted by molar-refractivity contribution is 7.99. The number of hydrogen-bond acceptors (Lipinski definition) is 4. The zero-order valence-electron chi connectivity index (χ0n) is 6.54. The van der Waals surface area contributed by atoms with Gasteiger partial charge in [0.25, 0.3) is 0 Å². The number of thioether (sulfide) groups is 1. The highest BCUT2D eigenvalue weighted by atomic mass is 32.2. The van der Waals surface area contributed by atoms with Crippen LogP contribution < -0.4 is 16.2 Å². The van der Waals surface area contributed by atoms with Crippen molar-refractivity contribution in [1.82, 2.24) is 0 Å². The van der Waals surface area contributed by atoms with Crippen molar-refractivity contribution in [2.45, 2.75) is 4.90 Å². The second-order valence-corrected chi connectivity index (χ2v) is 3.70. The Morgan fingerprint density at radius 2 is 2.00 bits per heavy atom. The SMILES string of the molecule is Nc1ccc(N)c2c1OCCS2. The molecule has 1 aliphatic heterocycles. The van der Waals surface area contributed by atoms with Gasteiger partial charge in [-0.1, -0.05) is 0 Å². The van der Waals surface area contributed by atoms with Crippen LogP contribution >= 0.6 is 11.8 Å². The van der Waals surface area contributed by atoms with E-state index in [4.69, 9.17) is 16.2 Å². The standard InChI is InChI=1S/C8H10N2OS/c9-5-1-2-6(10)8-7(5)11-3-4-12-8/h1-2H,3-4,9-10H2. The van der Waals surface area contributed by atoms with Crippen LogP contribution in [0.15, 0.2) is 17.0 Å². The molecule has 0 unspecified atom stereocenters. The summed E-state index contributed by atoms with van der Waals surface area (Å²) in [5.74, 6) is 1.70. The quantitative estimate of drug-likeness (QED) is 0.594. The molecule has 0 amide bonds. The highest BCUT2D eigenvalue weighted by Gasteiger charge is 2.15. The third-order valence-electron chi connectivity index (χ3n) is 1.75. The van der Waals surface area contributed by atoms with E-state index in [1.54, 1.807) is 17.8 Å². The Labute approximate surface area is 75.1 Å². The third kappa shape index (κ3) is 1.08. The van der Waals surface area contributed by atoms with Crippen molar-refractivity contribution in [1.29, 1.82) is 0 Å². The Kier molecular flexibility index (Phi) is 1.77. The summed E-state index contributed by atoms with van der Waals surface area (Å²) >= 11 is 1.70. The third-order valence-corrected chi connectivity index (χ3v) is 2.83. The molecule has 0 aliphatic carbocycles. The van der Waals surface area contributed by atoms with Gasteiger partial charge in [0, 0.05) is 11.4 Å². The van der Waals surface area contributed by atoms with Crippen molar-refractivity contribution in [2.75, 3.05) is 23.8 Å². The monoisotopic (exact) mass is 182 g/mol. The van der Waals surface area contributed by atoms with Crippen molar-refractivity contribution in [3.8, 4) is 5.75 Å². The molecule has 12 heavy (non-hydrogen) atoms. The molecular weight excluding hydrogens is 172 g/mol. The summed E-state index contributed by atoms with van der Waals surface area (Å²) in [6, 6.07) is 3.59. The van der Waals surface area contributed by atoms with E-state index < -0.39 is 0 Å². The lowest BCUT2D eigenvalue weighted by atomic mass is 10.2. The average molecular weight is 182 g/mol. The summed E-state index contributed by atoms with van der Waals surface area (Å²) < 4.78 is 5.41. The Morgan fingerprint density at radius 1 is 1.25 bits per heavy atom. The molecule has 0 radical (unpaired) electrons. The van der Waals surface area contributed by atoms with E-state index in [0.717, 1.165) is 22.1 Å². The summed E-state index contributed by atoms with van der Waals surface area (Å²) in [6.45, 7) is 0.714. The number of anilines is 2. The summed E-state index contributed by atoms with van der Waals surface area (Å²) in [5.41, 5.74) is 12.9. The second kappa shape index (κ2) is 2.79. The van der Waals surface area contributed by atoms with Gasteiger partial charge in [-0.25, -0.2) is 0 Å². The molecule has 0 saturated carbocycles. The number of hydrogen-bond donors (Lipinski definition) is 2. The first kappa shape index (κ1) is 7.61. The van der Waals surface area contributed by atoms with Gasteiger partial charge in [-0.15, -0.1) is 11.8 Å². The maximum Gasteiger partial charge on any atom is 0.157 e. The molecule has 1 aromatic carbocycles. The highest BCUT2D eigenvalue weighted by Crippen LogP contribution is 2.41. The van der Waals surface area contributed by atoms with Gasteiger partial charge in [-0.2, -0.15) is 0 Å². The molecule has 0 spiro atoms. The number of rotatable bonds is 0. The Hall–Kier alpha value is -1.03. The minimum atomic E-state index is 0.673. The molecule has 0 aromatic heterocycles. The maximum atomic E-state index is 5.75. The minimum Gasteiger partial charge on any atom is -0.489 e. The molecule has 64 valence electrons.